The van der Waals surface area contributed by atoms with Crippen molar-refractivity contribution in [1.29, 1.82) is 0 Å². The zero-order chi connectivity index (χ0) is 24.0. The molecule has 0 amide bonds. The Morgan fingerprint density at radius 1 is 0.576 bits per heavy atom. The topological polar surface area (TPSA) is 19.7 Å². The lowest BCUT2D eigenvalue weighted by Crippen LogP contribution is -2.41. The number of imidazole rings is 1. The first-order valence-corrected chi connectivity index (χ1v) is 15.3. The summed E-state index contributed by atoms with van der Waals surface area (Å²) in [6.07, 6.45) is 35.5. The van der Waals surface area contributed by atoms with Gasteiger partial charge in [-0.25, -0.2) is 9.55 Å². The van der Waals surface area contributed by atoms with Gasteiger partial charge in [0.25, 0.3) is 5.82 Å². The van der Waals surface area contributed by atoms with E-state index in [1.165, 1.54) is 147 Å². The lowest BCUT2D eigenvalue weighted by molar-refractivity contribution is -0.727. The van der Waals surface area contributed by atoms with Crippen LogP contribution in [0.5, 0.6) is 0 Å². The van der Waals surface area contributed by atoms with Gasteiger partial charge < -0.3 is 0 Å². The third-order valence-electron chi connectivity index (χ3n) is 7.62. The van der Waals surface area contributed by atoms with Gasteiger partial charge in [-0.3, -0.25) is 0 Å². The molecule has 1 heterocycles. The summed E-state index contributed by atoms with van der Waals surface area (Å²) < 4.78 is 2.54. The molecule has 194 valence electrons. The summed E-state index contributed by atoms with van der Waals surface area (Å²) in [5.74, 6) is 2.20. The quantitative estimate of drug-likeness (QED) is 0.117. The maximum atomic E-state index is 3.62. The number of rotatable bonds is 24. The van der Waals surface area contributed by atoms with Crippen LogP contribution in [-0.2, 0) is 0 Å². The molecule has 2 unspecified atom stereocenters. The predicted molar refractivity (Wildman–Crippen MR) is 147 cm³/mol. The molecule has 2 atom stereocenters. The molecule has 0 aliphatic heterocycles. The number of aromatic nitrogens is 2. The van der Waals surface area contributed by atoms with Crippen LogP contribution in [0.4, 0.5) is 0 Å². The van der Waals surface area contributed by atoms with Crippen molar-refractivity contribution in [3.63, 3.8) is 0 Å². The van der Waals surface area contributed by atoms with Gasteiger partial charge in [0, 0.05) is 0 Å². The molecule has 0 aliphatic rings. The van der Waals surface area contributed by atoms with Gasteiger partial charge in [0.15, 0.2) is 0 Å². The standard InChI is InChI=1S/C31H60N2/c1-5-8-10-11-12-13-14-15-16-17-18-19-20-21-22-23-26-30(25-9-6-2)31-32-27-28-33(31)29(4)24-7-3/h27-30H,5-26H2,1-4H3/p+1. The van der Waals surface area contributed by atoms with Crippen molar-refractivity contribution in [3.8, 4) is 0 Å². The fourth-order valence-electron chi connectivity index (χ4n) is 5.43. The Labute approximate surface area is 208 Å². The summed E-state index contributed by atoms with van der Waals surface area (Å²) >= 11 is 0. The summed E-state index contributed by atoms with van der Waals surface area (Å²) in [5.41, 5.74) is 0. The van der Waals surface area contributed by atoms with Crippen LogP contribution in [0.1, 0.15) is 187 Å². The second-order valence-corrected chi connectivity index (χ2v) is 10.8. The van der Waals surface area contributed by atoms with Crippen molar-refractivity contribution in [2.24, 2.45) is 0 Å². The molecule has 0 bridgehead atoms. The molecule has 33 heavy (non-hydrogen) atoms. The highest BCUT2D eigenvalue weighted by molar-refractivity contribution is 4.90. The fourth-order valence-corrected chi connectivity index (χ4v) is 5.43. The Morgan fingerprint density at radius 2 is 1.03 bits per heavy atom. The van der Waals surface area contributed by atoms with Crippen molar-refractivity contribution in [2.45, 2.75) is 181 Å². The number of hydrogen-bond acceptors (Lipinski definition) is 0. The Bertz CT molecular complexity index is 521. The maximum Gasteiger partial charge on any atom is 0.257 e. The molecule has 0 saturated carbocycles. The van der Waals surface area contributed by atoms with Gasteiger partial charge in [0.05, 0.1) is 12.0 Å². The molecule has 1 rings (SSSR count). The normalized spacial score (nSPS) is 13.5. The number of nitrogens with one attached hydrogen (secondary N) is 1. The highest BCUT2D eigenvalue weighted by atomic mass is 15.1. The molecule has 2 heteroatoms. The molecule has 0 aromatic carbocycles. The van der Waals surface area contributed by atoms with Crippen LogP contribution in [-0.4, -0.2) is 4.98 Å². The van der Waals surface area contributed by atoms with Gasteiger partial charge in [-0.15, -0.1) is 0 Å². The number of nitrogens with zero attached hydrogens (tertiary/aromatic N) is 1. The largest absolute Gasteiger partial charge is 0.257 e. The fraction of sp³-hybridized carbons (Fsp3) is 0.903. The van der Waals surface area contributed by atoms with E-state index in [1.807, 2.05) is 0 Å². The Morgan fingerprint density at radius 3 is 1.52 bits per heavy atom. The minimum atomic E-state index is 0.617. The van der Waals surface area contributed by atoms with Crippen molar-refractivity contribution < 1.29 is 4.57 Å². The minimum absolute atomic E-state index is 0.617. The number of H-pyrrole nitrogens is 1. The van der Waals surface area contributed by atoms with E-state index in [4.69, 9.17) is 0 Å². The van der Waals surface area contributed by atoms with Crippen molar-refractivity contribution in [1.82, 2.24) is 4.98 Å². The molecular weight excluding hydrogens is 400 g/mol. The molecule has 0 spiro atoms. The average molecular weight is 462 g/mol. The van der Waals surface area contributed by atoms with Crippen LogP contribution < -0.4 is 4.57 Å². The zero-order valence-corrected chi connectivity index (χ0v) is 23.3. The van der Waals surface area contributed by atoms with Crippen LogP contribution in [0.15, 0.2) is 12.4 Å². The van der Waals surface area contributed by atoms with Gasteiger partial charge >= 0.3 is 0 Å². The molecule has 2 nitrogen and oxygen atoms in total. The number of hydrogen-bond donors (Lipinski definition) is 1. The monoisotopic (exact) mass is 461 g/mol. The third kappa shape index (κ3) is 14.9. The number of unbranched alkanes of at least 4 members (excludes halogenated alkanes) is 16. The summed E-state index contributed by atoms with van der Waals surface area (Å²) in [7, 11) is 0. The van der Waals surface area contributed by atoms with E-state index in [9.17, 15) is 0 Å². The van der Waals surface area contributed by atoms with E-state index >= 15 is 0 Å². The van der Waals surface area contributed by atoms with Crippen LogP contribution in [0.2, 0.25) is 0 Å². The second-order valence-electron chi connectivity index (χ2n) is 10.8. The van der Waals surface area contributed by atoms with Gasteiger partial charge in [-0.1, -0.05) is 143 Å². The Balaban J connectivity index is 2.09. The lowest BCUT2D eigenvalue weighted by Gasteiger charge is -2.16. The Hall–Kier alpha value is -0.790. The first kappa shape index (κ1) is 30.2. The zero-order valence-electron chi connectivity index (χ0n) is 23.3. The average Bonchev–Trinajstić information content (AvgIpc) is 3.31. The molecule has 1 aromatic rings. The first-order valence-electron chi connectivity index (χ1n) is 15.3. The maximum absolute atomic E-state index is 3.62. The summed E-state index contributed by atoms with van der Waals surface area (Å²) in [5, 5.41) is 0. The minimum Gasteiger partial charge on any atom is -0.247 e. The third-order valence-corrected chi connectivity index (χ3v) is 7.62. The highest BCUT2D eigenvalue weighted by Crippen LogP contribution is 2.26. The molecule has 0 saturated heterocycles. The van der Waals surface area contributed by atoms with Gasteiger partial charge in [-0.05, 0) is 26.2 Å². The van der Waals surface area contributed by atoms with Crippen LogP contribution in [0.25, 0.3) is 0 Å². The van der Waals surface area contributed by atoms with Crippen LogP contribution >= 0.6 is 0 Å². The summed E-state index contributed by atoms with van der Waals surface area (Å²) in [6, 6.07) is 0.617. The highest BCUT2D eigenvalue weighted by Gasteiger charge is 2.24. The lowest BCUT2D eigenvalue weighted by atomic mass is 9.93. The summed E-state index contributed by atoms with van der Waals surface area (Å²) in [6.45, 7) is 9.31. The predicted octanol–water partition coefficient (Wildman–Crippen LogP) is 10.6. The molecule has 1 N–H and O–H groups in total. The first-order chi connectivity index (χ1) is 16.2. The van der Waals surface area contributed by atoms with Gasteiger partial charge in [0.1, 0.15) is 12.4 Å². The van der Waals surface area contributed by atoms with E-state index in [2.05, 4.69) is 49.6 Å². The molecule has 0 fully saturated rings. The van der Waals surface area contributed by atoms with E-state index in [0.29, 0.717) is 12.0 Å². The molecule has 1 aromatic heterocycles. The van der Waals surface area contributed by atoms with Crippen LogP contribution in [0, 0.1) is 0 Å². The smallest absolute Gasteiger partial charge is 0.247 e. The number of aromatic amines is 1. The molecular formula is C31H61N2+. The van der Waals surface area contributed by atoms with Crippen molar-refractivity contribution in [3.05, 3.63) is 18.2 Å². The van der Waals surface area contributed by atoms with E-state index in [-0.39, 0.29) is 0 Å². The SMILES string of the molecule is CCCCCCCCCCCCCCCCCCC(CCCC)c1[nH]cc[n+]1C(C)CCC. The van der Waals surface area contributed by atoms with Crippen molar-refractivity contribution in [2.75, 3.05) is 0 Å². The van der Waals surface area contributed by atoms with E-state index in [0.717, 1.165) is 0 Å². The second kappa shape index (κ2) is 21.7. The van der Waals surface area contributed by atoms with E-state index < -0.39 is 0 Å². The van der Waals surface area contributed by atoms with Gasteiger partial charge in [0.2, 0.25) is 0 Å². The van der Waals surface area contributed by atoms with Crippen LogP contribution in [0.3, 0.4) is 0 Å². The Kier molecular flexibility index (Phi) is 19.9. The van der Waals surface area contributed by atoms with E-state index in [1.54, 1.807) is 0 Å². The van der Waals surface area contributed by atoms with Gasteiger partial charge in [-0.2, -0.15) is 0 Å². The van der Waals surface area contributed by atoms with Crippen molar-refractivity contribution >= 4 is 0 Å². The molecule has 0 radical (unpaired) electrons. The summed E-state index contributed by atoms with van der Waals surface area (Å²) in [4.78, 5) is 3.62. The molecule has 0 aliphatic carbocycles.